The molecule has 1 aliphatic rings. The third-order valence-electron chi connectivity index (χ3n) is 3.96. The average Bonchev–Trinajstić information content (AvgIpc) is 2.79. The monoisotopic (exact) mass is 235 g/mol. The summed E-state index contributed by atoms with van der Waals surface area (Å²) in [7, 11) is 0. The van der Waals surface area contributed by atoms with Gasteiger partial charge in [-0.3, -0.25) is 4.68 Å². The minimum atomic E-state index is 0.740. The molecule has 1 fully saturated rings. The van der Waals surface area contributed by atoms with Gasteiger partial charge in [-0.25, -0.2) is 0 Å². The maximum Gasteiger partial charge on any atom is 0.0489 e. The number of aryl methyl sites for hydroxylation is 1. The van der Waals surface area contributed by atoms with Crippen LogP contribution < -0.4 is 5.32 Å². The van der Waals surface area contributed by atoms with Gasteiger partial charge in [-0.2, -0.15) is 5.10 Å². The molecule has 0 aliphatic heterocycles. The smallest absolute Gasteiger partial charge is 0.0489 e. The van der Waals surface area contributed by atoms with E-state index in [-0.39, 0.29) is 0 Å². The van der Waals surface area contributed by atoms with Crippen LogP contribution in [0.3, 0.4) is 0 Å². The number of hydrogen-bond donors (Lipinski definition) is 1. The Hall–Kier alpha value is -0.830. The van der Waals surface area contributed by atoms with Crippen LogP contribution in [-0.4, -0.2) is 22.4 Å². The van der Waals surface area contributed by atoms with Crippen LogP contribution in [0.2, 0.25) is 0 Å². The van der Waals surface area contributed by atoms with Crippen LogP contribution in [0.4, 0.5) is 0 Å². The zero-order valence-corrected chi connectivity index (χ0v) is 11.1. The first-order chi connectivity index (χ1) is 8.25. The lowest BCUT2D eigenvalue weighted by atomic mass is 9.80. The summed E-state index contributed by atoms with van der Waals surface area (Å²) in [6.45, 7) is 6.91. The molecule has 0 saturated heterocycles. The van der Waals surface area contributed by atoms with Crippen molar-refractivity contribution in [3.05, 3.63) is 18.5 Å². The van der Waals surface area contributed by atoms with Gasteiger partial charge in [-0.15, -0.1) is 0 Å². The lowest BCUT2D eigenvalue weighted by Crippen LogP contribution is -2.39. The third-order valence-corrected chi connectivity index (χ3v) is 3.96. The molecule has 0 spiro atoms. The van der Waals surface area contributed by atoms with Crippen molar-refractivity contribution < 1.29 is 0 Å². The Labute approximate surface area is 105 Å². The van der Waals surface area contributed by atoms with Gasteiger partial charge in [-0.05, 0) is 50.1 Å². The number of aromatic nitrogens is 2. The number of hydrogen-bond acceptors (Lipinski definition) is 2. The van der Waals surface area contributed by atoms with Crippen molar-refractivity contribution in [1.29, 1.82) is 0 Å². The summed E-state index contributed by atoms with van der Waals surface area (Å²) in [4.78, 5) is 0. The first-order valence-electron chi connectivity index (χ1n) is 6.96. The van der Waals surface area contributed by atoms with Crippen LogP contribution in [0.25, 0.3) is 0 Å². The molecular weight excluding hydrogens is 210 g/mol. The highest BCUT2D eigenvalue weighted by molar-refractivity contribution is 4.81. The SMILES string of the molecule is CC1CCC(NCCCn2cccn2)C(C)C1. The molecule has 0 bridgehead atoms. The number of rotatable bonds is 5. The number of nitrogens with zero attached hydrogens (tertiary/aromatic N) is 2. The summed E-state index contributed by atoms with van der Waals surface area (Å²) in [5.74, 6) is 1.76. The van der Waals surface area contributed by atoms with Crippen LogP contribution in [0.1, 0.15) is 39.5 Å². The molecule has 1 heterocycles. The standard InChI is InChI=1S/C14H25N3/c1-12-5-6-14(13(2)11-12)15-7-3-9-17-10-4-8-16-17/h4,8,10,12-15H,3,5-7,9,11H2,1-2H3. The summed E-state index contributed by atoms with van der Waals surface area (Å²) < 4.78 is 2.01. The van der Waals surface area contributed by atoms with Crippen LogP contribution >= 0.6 is 0 Å². The van der Waals surface area contributed by atoms with Gasteiger partial charge in [0.2, 0.25) is 0 Å². The molecule has 17 heavy (non-hydrogen) atoms. The van der Waals surface area contributed by atoms with E-state index in [1.54, 1.807) is 0 Å². The fraction of sp³-hybridized carbons (Fsp3) is 0.786. The zero-order valence-electron chi connectivity index (χ0n) is 11.1. The third kappa shape index (κ3) is 3.84. The van der Waals surface area contributed by atoms with Gasteiger partial charge in [-0.1, -0.05) is 13.8 Å². The molecule has 2 rings (SSSR count). The van der Waals surface area contributed by atoms with E-state index >= 15 is 0 Å². The Balaban J connectivity index is 1.61. The van der Waals surface area contributed by atoms with Gasteiger partial charge >= 0.3 is 0 Å². The quantitative estimate of drug-likeness (QED) is 0.795. The molecule has 1 N–H and O–H groups in total. The molecule has 1 aliphatic carbocycles. The Bertz CT molecular complexity index is 307. The maximum absolute atomic E-state index is 4.21. The molecule has 3 atom stereocenters. The van der Waals surface area contributed by atoms with Gasteiger partial charge in [0.25, 0.3) is 0 Å². The molecule has 3 heteroatoms. The minimum Gasteiger partial charge on any atom is -0.314 e. The second-order valence-corrected chi connectivity index (χ2v) is 5.58. The predicted octanol–water partition coefficient (Wildman–Crippen LogP) is 2.69. The van der Waals surface area contributed by atoms with Gasteiger partial charge in [0.1, 0.15) is 0 Å². The molecule has 1 aromatic heterocycles. The summed E-state index contributed by atoms with van der Waals surface area (Å²) in [6.07, 6.45) is 9.17. The maximum atomic E-state index is 4.21. The van der Waals surface area contributed by atoms with Crippen LogP contribution in [0.15, 0.2) is 18.5 Å². The van der Waals surface area contributed by atoms with Gasteiger partial charge in [0.05, 0.1) is 0 Å². The zero-order chi connectivity index (χ0) is 12.1. The Morgan fingerprint density at radius 1 is 1.35 bits per heavy atom. The van der Waals surface area contributed by atoms with E-state index in [2.05, 4.69) is 24.3 Å². The van der Waals surface area contributed by atoms with Crippen molar-refractivity contribution in [2.75, 3.05) is 6.54 Å². The Morgan fingerprint density at radius 2 is 2.24 bits per heavy atom. The Kier molecular flexibility index (Phi) is 4.60. The highest BCUT2D eigenvalue weighted by atomic mass is 15.3. The lowest BCUT2D eigenvalue weighted by molar-refractivity contribution is 0.227. The fourth-order valence-electron chi connectivity index (χ4n) is 2.93. The highest BCUT2D eigenvalue weighted by Crippen LogP contribution is 2.28. The second-order valence-electron chi connectivity index (χ2n) is 5.58. The van der Waals surface area contributed by atoms with E-state index in [0.29, 0.717) is 0 Å². The Morgan fingerprint density at radius 3 is 2.94 bits per heavy atom. The molecule has 96 valence electrons. The van der Waals surface area contributed by atoms with Crippen molar-refractivity contribution in [1.82, 2.24) is 15.1 Å². The molecule has 1 aromatic rings. The van der Waals surface area contributed by atoms with E-state index < -0.39 is 0 Å². The summed E-state index contributed by atoms with van der Waals surface area (Å²) in [6, 6.07) is 2.72. The fourth-order valence-corrected chi connectivity index (χ4v) is 2.93. The topological polar surface area (TPSA) is 29.9 Å². The van der Waals surface area contributed by atoms with Crippen molar-refractivity contribution in [3.63, 3.8) is 0 Å². The van der Waals surface area contributed by atoms with E-state index in [1.165, 1.54) is 25.7 Å². The molecule has 0 aromatic carbocycles. The van der Waals surface area contributed by atoms with Crippen molar-refractivity contribution >= 4 is 0 Å². The van der Waals surface area contributed by atoms with Crippen LogP contribution in [-0.2, 0) is 6.54 Å². The summed E-state index contributed by atoms with van der Waals surface area (Å²) in [5, 5.41) is 7.93. The van der Waals surface area contributed by atoms with Gasteiger partial charge < -0.3 is 5.32 Å². The first-order valence-corrected chi connectivity index (χ1v) is 6.96. The van der Waals surface area contributed by atoms with Gasteiger partial charge in [0.15, 0.2) is 0 Å². The van der Waals surface area contributed by atoms with Crippen LogP contribution in [0, 0.1) is 11.8 Å². The largest absolute Gasteiger partial charge is 0.314 e. The molecular formula is C14H25N3. The molecule has 0 radical (unpaired) electrons. The van der Waals surface area contributed by atoms with E-state index in [0.717, 1.165) is 31.0 Å². The highest BCUT2D eigenvalue weighted by Gasteiger charge is 2.24. The van der Waals surface area contributed by atoms with Crippen molar-refractivity contribution in [2.24, 2.45) is 11.8 Å². The predicted molar refractivity (Wildman–Crippen MR) is 70.8 cm³/mol. The second kappa shape index (κ2) is 6.20. The average molecular weight is 235 g/mol. The molecule has 3 unspecified atom stereocenters. The number of nitrogens with one attached hydrogen (secondary N) is 1. The first kappa shape index (κ1) is 12.6. The van der Waals surface area contributed by atoms with Crippen molar-refractivity contribution in [2.45, 2.75) is 52.1 Å². The molecule has 3 nitrogen and oxygen atoms in total. The van der Waals surface area contributed by atoms with E-state index in [4.69, 9.17) is 0 Å². The van der Waals surface area contributed by atoms with Gasteiger partial charge in [0, 0.05) is 25.0 Å². The summed E-state index contributed by atoms with van der Waals surface area (Å²) in [5.41, 5.74) is 0. The van der Waals surface area contributed by atoms with Crippen LogP contribution in [0.5, 0.6) is 0 Å². The summed E-state index contributed by atoms with van der Waals surface area (Å²) >= 11 is 0. The van der Waals surface area contributed by atoms with E-state index in [1.807, 2.05) is 23.1 Å². The molecule has 1 saturated carbocycles. The lowest BCUT2D eigenvalue weighted by Gasteiger charge is -2.33. The van der Waals surface area contributed by atoms with Crippen molar-refractivity contribution in [3.8, 4) is 0 Å². The minimum absolute atomic E-state index is 0.740. The van der Waals surface area contributed by atoms with E-state index in [9.17, 15) is 0 Å². The molecule has 0 amide bonds. The normalized spacial score (nSPS) is 29.4.